The van der Waals surface area contributed by atoms with Crippen molar-refractivity contribution in [1.29, 1.82) is 0 Å². The Kier molecular flexibility index (Phi) is 8.21. The minimum Gasteiger partial charge on any atom is -0.399 e. The number of benzene rings is 1. The van der Waals surface area contributed by atoms with E-state index >= 15 is 0 Å². The number of hydrogen-bond acceptors (Lipinski definition) is 4. The van der Waals surface area contributed by atoms with Crippen molar-refractivity contribution in [2.45, 2.75) is 12.8 Å². The highest BCUT2D eigenvalue weighted by Crippen LogP contribution is 2.05. The van der Waals surface area contributed by atoms with Gasteiger partial charge in [-0.2, -0.15) is 0 Å². The van der Waals surface area contributed by atoms with Gasteiger partial charge in [-0.15, -0.1) is 0 Å². The van der Waals surface area contributed by atoms with Gasteiger partial charge in [0.05, 0.1) is 19.8 Å². The highest BCUT2D eigenvalue weighted by Gasteiger charge is 1.94. The van der Waals surface area contributed by atoms with Crippen molar-refractivity contribution in [1.82, 2.24) is 0 Å². The van der Waals surface area contributed by atoms with Crippen molar-refractivity contribution in [3.8, 4) is 0 Å². The summed E-state index contributed by atoms with van der Waals surface area (Å²) in [5, 5.41) is 0. The smallest absolute Gasteiger partial charge is 0.0700 e. The predicted octanol–water partition coefficient (Wildman–Crippen LogP) is 1.88. The molecule has 2 N–H and O–H groups in total. The third-order valence-corrected chi connectivity index (χ3v) is 2.52. The largest absolute Gasteiger partial charge is 0.399 e. The average Bonchev–Trinajstić information content (AvgIpc) is 2.39. The number of ether oxygens (including phenoxy) is 3. The van der Waals surface area contributed by atoms with E-state index in [4.69, 9.17) is 19.9 Å². The molecule has 0 aliphatic heterocycles. The van der Waals surface area contributed by atoms with Gasteiger partial charge in [0.25, 0.3) is 0 Å². The summed E-state index contributed by atoms with van der Waals surface area (Å²) < 4.78 is 15.8. The molecule has 102 valence electrons. The maximum atomic E-state index is 5.61. The molecule has 0 aliphatic carbocycles. The van der Waals surface area contributed by atoms with E-state index in [1.807, 2.05) is 24.3 Å². The monoisotopic (exact) mass is 253 g/mol. The number of hydrogen-bond donors (Lipinski definition) is 1. The summed E-state index contributed by atoms with van der Waals surface area (Å²) in [5.74, 6) is 0. The lowest BCUT2D eigenvalue weighted by molar-refractivity contribution is 0.0409. The van der Waals surface area contributed by atoms with Crippen LogP contribution in [0.25, 0.3) is 0 Å². The molecule has 4 heteroatoms. The Balaban J connectivity index is 1.91. The number of rotatable bonds is 10. The first kappa shape index (κ1) is 15.0. The molecule has 1 aromatic rings. The molecular weight excluding hydrogens is 230 g/mol. The molecule has 0 unspecified atom stereocenters. The summed E-state index contributed by atoms with van der Waals surface area (Å²) in [6, 6.07) is 7.88. The van der Waals surface area contributed by atoms with Crippen LogP contribution < -0.4 is 5.73 Å². The van der Waals surface area contributed by atoms with Crippen LogP contribution >= 0.6 is 0 Å². The van der Waals surface area contributed by atoms with Gasteiger partial charge < -0.3 is 19.9 Å². The number of nitrogen functional groups attached to an aromatic ring is 1. The fourth-order valence-corrected chi connectivity index (χ4v) is 1.50. The Bertz CT molecular complexity index is 300. The molecular formula is C14H23NO3. The molecule has 1 aromatic carbocycles. The zero-order chi connectivity index (χ0) is 13.1. The van der Waals surface area contributed by atoms with Gasteiger partial charge in [-0.1, -0.05) is 12.1 Å². The van der Waals surface area contributed by atoms with Gasteiger partial charge in [-0.05, 0) is 30.5 Å². The van der Waals surface area contributed by atoms with Gasteiger partial charge in [0, 0.05) is 26.0 Å². The van der Waals surface area contributed by atoms with Gasteiger partial charge >= 0.3 is 0 Å². The number of nitrogens with two attached hydrogens (primary N) is 1. The molecule has 0 aromatic heterocycles. The molecule has 0 radical (unpaired) electrons. The normalized spacial score (nSPS) is 10.7. The molecule has 0 saturated heterocycles. The minimum atomic E-state index is 0.641. The van der Waals surface area contributed by atoms with Crippen LogP contribution in [-0.2, 0) is 20.6 Å². The lowest BCUT2D eigenvalue weighted by Crippen LogP contribution is -2.08. The summed E-state index contributed by atoms with van der Waals surface area (Å²) in [4.78, 5) is 0. The van der Waals surface area contributed by atoms with E-state index in [9.17, 15) is 0 Å². The molecule has 0 spiro atoms. The van der Waals surface area contributed by atoms with Gasteiger partial charge in [0.1, 0.15) is 0 Å². The standard InChI is InChI=1S/C14H23NO3/c1-16-8-2-9-17-11-12-18-10-7-13-3-5-14(15)6-4-13/h3-6H,2,7-12,15H2,1H3. The average molecular weight is 253 g/mol. The van der Waals surface area contributed by atoms with E-state index in [-0.39, 0.29) is 0 Å². The molecule has 4 nitrogen and oxygen atoms in total. The molecule has 0 saturated carbocycles. The highest BCUT2D eigenvalue weighted by molar-refractivity contribution is 5.39. The zero-order valence-electron chi connectivity index (χ0n) is 11.1. The molecule has 0 fully saturated rings. The molecule has 0 amide bonds. The first-order valence-corrected chi connectivity index (χ1v) is 6.32. The Morgan fingerprint density at radius 3 is 2.22 bits per heavy atom. The van der Waals surface area contributed by atoms with Crippen LogP contribution in [-0.4, -0.2) is 40.1 Å². The van der Waals surface area contributed by atoms with E-state index in [0.29, 0.717) is 19.8 Å². The van der Waals surface area contributed by atoms with Gasteiger partial charge in [0.15, 0.2) is 0 Å². The lowest BCUT2D eigenvalue weighted by Gasteiger charge is -2.06. The topological polar surface area (TPSA) is 53.7 Å². The Morgan fingerprint density at radius 2 is 1.56 bits per heavy atom. The van der Waals surface area contributed by atoms with Gasteiger partial charge in [-0.3, -0.25) is 0 Å². The van der Waals surface area contributed by atoms with Gasteiger partial charge in [0.2, 0.25) is 0 Å². The van der Waals surface area contributed by atoms with Crippen molar-refractivity contribution in [2.24, 2.45) is 0 Å². The third kappa shape index (κ3) is 7.27. The maximum absolute atomic E-state index is 5.61. The fraction of sp³-hybridized carbons (Fsp3) is 0.571. The van der Waals surface area contributed by atoms with Crippen LogP contribution in [0.5, 0.6) is 0 Å². The maximum Gasteiger partial charge on any atom is 0.0700 e. The van der Waals surface area contributed by atoms with Crippen molar-refractivity contribution < 1.29 is 14.2 Å². The van der Waals surface area contributed by atoms with Crippen molar-refractivity contribution in [3.05, 3.63) is 29.8 Å². The van der Waals surface area contributed by atoms with E-state index in [2.05, 4.69) is 0 Å². The second-order valence-corrected chi connectivity index (χ2v) is 4.06. The van der Waals surface area contributed by atoms with Crippen LogP contribution in [0.4, 0.5) is 5.69 Å². The van der Waals surface area contributed by atoms with Crippen LogP contribution in [0.1, 0.15) is 12.0 Å². The second kappa shape index (κ2) is 9.88. The zero-order valence-corrected chi connectivity index (χ0v) is 11.1. The number of methoxy groups -OCH3 is 1. The molecule has 0 bridgehead atoms. The quantitative estimate of drug-likeness (QED) is 0.511. The molecule has 0 atom stereocenters. The summed E-state index contributed by atoms with van der Waals surface area (Å²) in [6.45, 7) is 3.48. The Labute approximate surface area is 109 Å². The highest BCUT2D eigenvalue weighted by atomic mass is 16.5. The lowest BCUT2D eigenvalue weighted by atomic mass is 10.1. The number of anilines is 1. The van der Waals surface area contributed by atoms with Crippen LogP contribution in [0.3, 0.4) is 0 Å². The van der Waals surface area contributed by atoms with E-state index in [0.717, 1.165) is 31.7 Å². The van der Waals surface area contributed by atoms with Crippen molar-refractivity contribution in [3.63, 3.8) is 0 Å². The minimum absolute atomic E-state index is 0.641. The van der Waals surface area contributed by atoms with Crippen molar-refractivity contribution in [2.75, 3.05) is 45.9 Å². The van der Waals surface area contributed by atoms with E-state index in [1.54, 1.807) is 7.11 Å². The van der Waals surface area contributed by atoms with Crippen molar-refractivity contribution >= 4 is 5.69 Å². The molecule has 18 heavy (non-hydrogen) atoms. The second-order valence-electron chi connectivity index (χ2n) is 4.06. The summed E-state index contributed by atoms with van der Waals surface area (Å²) in [6.07, 6.45) is 1.84. The van der Waals surface area contributed by atoms with Gasteiger partial charge in [-0.25, -0.2) is 0 Å². The first-order valence-electron chi connectivity index (χ1n) is 6.32. The summed E-state index contributed by atoms with van der Waals surface area (Å²) in [5.41, 5.74) is 7.65. The van der Waals surface area contributed by atoms with E-state index < -0.39 is 0 Å². The summed E-state index contributed by atoms with van der Waals surface area (Å²) in [7, 11) is 1.69. The molecule has 0 aliphatic rings. The third-order valence-electron chi connectivity index (χ3n) is 2.52. The van der Waals surface area contributed by atoms with Crippen LogP contribution in [0.15, 0.2) is 24.3 Å². The predicted molar refractivity (Wildman–Crippen MR) is 72.7 cm³/mol. The molecule has 0 heterocycles. The fourth-order valence-electron chi connectivity index (χ4n) is 1.50. The molecule has 1 rings (SSSR count). The van der Waals surface area contributed by atoms with Crippen LogP contribution in [0.2, 0.25) is 0 Å². The first-order chi connectivity index (χ1) is 8.83. The van der Waals surface area contributed by atoms with E-state index in [1.165, 1.54) is 5.56 Å². The Morgan fingerprint density at radius 1 is 0.889 bits per heavy atom. The Hall–Kier alpha value is -1.10. The summed E-state index contributed by atoms with van der Waals surface area (Å²) >= 11 is 0. The SMILES string of the molecule is COCCCOCCOCCc1ccc(N)cc1. The van der Waals surface area contributed by atoms with Crippen LogP contribution in [0, 0.1) is 0 Å².